The first-order valence-electron chi connectivity index (χ1n) is 9.77. The topological polar surface area (TPSA) is 74.0 Å². The largest absolute Gasteiger partial charge is 0.493 e. The summed E-state index contributed by atoms with van der Waals surface area (Å²) in [6, 6.07) is 5.67. The lowest BCUT2D eigenvalue weighted by atomic mass is 10.1. The molecule has 0 N–H and O–H groups in total. The highest BCUT2D eigenvalue weighted by molar-refractivity contribution is 5.96. The molecule has 0 bridgehead atoms. The standard InChI is InChI=1S/C22H28N2O5/c1-5-10-28-19-9-8-17(12-20(19)26-4)13-24(14-18-7-6-11-27-18)22(25)21-15(2)23-29-16(21)3/h5,8-9,12,18H,1,6-7,10-11,13-14H2,2-4H3/t18-/m1/s1. The molecule has 0 radical (unpaired) electrons. The first kappa shape index (κ1) is 20.9. The summed E-state index contributed by atoms with van der Waals surface area (Å²) in [6.07, 6.45) is 3.68. The van der Waals surface area contributed by atoms with E-state index in [0.717, 1.165) is 25.0 Å². The monoisotopic (exact) mass is 400 g/mol. The molecule has 156 valence electrons. The summed E-state index contributed by atoms with van der Waals surface area (Å²) in [5.41, 5.74) is 2.04. The van der Waals surface area contributed by atoms with Gasteiger partial charge in [0, 0.05) is 19.7 Å². The number of benzene rings is 1. The van der Waals surface area contributed by atoms with E-state index in [9.17, 15) is 4.79 Å². The molecule has 1 atom stereocenters. The van der Waals surface area contributed by atoms with Crippen molar-refractivity contribution in [2.75, 3.05) is 26.9 Å². The van der Waals surface area contributed by atoms with E-state index >= 15 is 0 Å². The molecule has 7 heteroatoms. The Morgan fingerprint density at radius 1 is 1.38 bits per heavy atom. The molecule has 0 aliphatic carbocycles. The first-order chi connectivity index (χ1) is 14.0. The van der Waals surface area contributed by atoms with Gasteiger partial charge < -0.3 is 23.6 Å². The molecule has 29 heavy (non-hydrogen) atoms. The second-order valence-electron chi connectivity index (χ2n) is 7.10. The van der Waals surface area contributed by atoms with Gasteiger partial charge in [0.1, 0.15) is 17.9 Å². The van der Waals surface area contributed by atoms with E-state index in [1.165, 1.54) is 0 Å². The van der Waals surface area contributed by atoms with Crippen LogP contribution in [0.2, 0.25) is 0 Å². The van der Waals surface area contributed by atoms with E-state index in [1.807, 2.05) is 18.2 Å². The van der Waals surface area contributed by atoms with Crippen LogP contribution in [0.4, 0.5) is 0 Å². The van der Waals surface area contributed by atoms with Crippen LogP contribution in [0.5, 0.6) is 11.5 Å². The zero-order valence-electron chi connectivity index (χ0n) is 17.3. The van der Waals surface area contributed by atoms with Crippen molar-refractivity contribution >= 4 is 5.91 Å². The first-order valence-corrected chi connectivity index (χ1v) is 9.77. The number of hydrogen-bond acceptors (Lipinski definition) is 6. The number of nitrogens with zero attached hydrogens (tertiary/aromatic N) is 2. The highest BCUT2D eigenvalue weighted by Crippen LogP contribution is 2.29. The lowest BCUT2D eigenvalue weighted by molar-refractivity contribution is 0.0505. The summed E-state index contributed by atoms with van der Waals surface area (Å²) in [4.78, 5) is 15.1. The molecular formula is C22H28N2O5. The minimum Gasteiger partial charge on any atom is -0.493 e. The highest BCUT2D eigenvalue weighted by atomic mass is 16.5. The minimum absolute atomic E-state index is 0.0384. The molecule has 0 saturated carbocycles. The third kappa shape index (κ3) is 4.98. The predicted octanol–water partition coefficient (Wildman–Crippen LogP) is 3.69. The smallest absolute Gasteiger partial charge is 0.259 e. The number of hydrogen-bond donors (Lipinski definition) is 0. The zero-order chi connectivity index (χ0) is 20.8. The van der Waals surface area contributed by atoms with Crippen molar-refractivity contribution in [3.63, 3.8) is 0 Å². The Morgan fingerprint density at radius 2 is 2.21 bits per heavy atom. The van der Waals surface area contributed by atoms with Crippen LogP contribution in [-0.4, -0.2) is 48.9 Å². The summed E-state index contributed by atoms with van der Waals surface area (Å²) in [7, 11) is 1.60. The molecule has 1 fully saturated rings. The van der Waals surface area contributed by atoms with E-state index in [2.05, 4.69) is 11.7 Å². The summed E-state index contributed by atoms with van der Waals surface area (Å²) < 4.78 is 22.0. The zero-order valence-corrected chi connectivity index (χ0v) is 17.3. The average Bonchev–Trinajstić information content (AvgIpc) is 3.35. The molecule has 1 aliphatic heterocycles. The van der Waals surface area contributed by atoms with Gasteiger partial charge >= 0.3 is 0 Å². The van der Waals surface area contributed by atoms with Gasteiger partial charge in [-0.3, -0.25) is 4.79 Å². The molecule has 1 aromatic heterocycles. The van der Waals surface area contributed by atoms with E-state index in [0.29, 0.717) is 48.2 Å². The summed E-state index contributed by atoms with van der Waals surface area (Å²) in [6.45, 7) is 9.26. The minimum atomic E-state index is -0.109. The number of aryl methyl sites for hydroxylation is 2. The van der Waals surface area contributed by atoms with Gasteiger partial charge in [-0.15, -0.1) is 0 Å². The van der Waals surface area contributed by atoms with Crippen molar-refractivity contribution in [1.82, 2.24) is 10.1 Å². The molecule has 0 unspecified atom stereocenters. The number of amides is 1. The molecule has 7 nitrogen and oxygen atoms in total. The second kappa shape index (κ2) is 9.60. The third-order valence-corrected chi connectivity index (χ3v) is 4.94. The lowest BCUT2D eigenvalue weighted by Gasteiger charge is -2.26. The van der Waals surface area contributed by atoms with Crippen LogP contribution in [0, 0.1) is 13.8 Å². The number of methoxy groups -OCH3 is 1. The van der Waals surface area contributed by atoms with Crippen LogP contribution in [0.25, 0.3) is 0 Å². The van der Waals surface area contributed by atoms with Crippen LogP contribution in [0.1, 0.15) is 40.2 Å². The van der Waals surface area contributed by atoms with Gasteiger partial charge in [0.05, 0.1) is 18.9 Å². The highest BCUT2D eigenvalue weighted by Gasteiger charge is 2.27. The van der Waals surface area contributed by atoms with Crippen LogP contribution < -0.4 is 9.47 Å². The van der Waals surface area contributed by atoms with Gasteiger partial charge in [0.15, 0.2) is 11.5 Å². The normalized spacial score (nSPS) is 15.9. The molecule has 2 heterocycles. The molecule has 1 amide bonds. The van der Waals surface area contributed by atoms with Crippen LogP contribution >= 0.6 is 0 Å². The lowest BCUT2D eigenvalue weighted by Crippen LogP contribution is -2.37. The number of ether oxygens (including phenoxy) is 3. The van der Waals surface area contributed by atoms with Crippen molar-refractivity contribution in [2.24, 2.45) is 0 Å². The van der Waals surface area contributed by atoms with Crippen LogP contribution in [0.15, 0.2) is 35.4 Å². The van der Waals surface area contributed by atoms with Gasteiger partial charge in [-0.05, 0) is 44.4 Å². The Labute approximate surface area is 171 Å². The Morgan fingerprint density at radius 3 is 2.83 bits per heavy atom. The van der Waals surface area contributed by atoms with Gasteiger partial charge in [-0.2, -0.15) is 0 Å². The van der Waals surface area contributed by atoms with Crippen LogP contribution in [0.3, 0.4) is 0 Å². The van der Waals surface area contributed by atoms with Crippen molar-refractivity contribution in [2.45, 2.75) is 39.3 Å². The SMILES string of the molecule is C=CCOc1ccc(CN(C[C@H]2CCCO2)C(=O)c2c(C)noc2C)cc1OC. The summed E-state index contributed by atoms with van der Waals surface area (Å²) in [5, 5.41) is 3.93. The predicted molar refractivity (Wildman–Crippen MR) is 108 cm³/mol. The maximum atomic E-state index is 13.3. The van der Waals surface area contributed by atoms with Crippen molar-refractivity contribution < 1.29 is 23.5 Å². The number of carbonyl (C=O) groups excluding carboxylic acids is 1. The Bertz CT molecular complexity index is 835. The molecule has 1 saturated heterocycles. The average molecular weight is 400 g/mol. The van der Waals surface area contributed by atoms with Gasteiger partial charge in [-0.1, -0.05) is 23.9 Å². The molecule has 2 aromatic rings. The fourth-order valence-electron chi connectivity index (χ4n) is 3.50. The number of rotatable bonds is 9. The quantitative estimate of drug-likeness (QED) is 0.598. The number of aromatic nitrogens is 1. The maximum absolute atomic E-state index is 13.3. The summed E-state index contributed by atoms with van der Waals surface area (Å²) >= 11 is 0. The number of carbonyl (C=O) groups is 1. The van der Waals surface area contributed by atoms with Crippen molar-refractivity contribution in [1.29, 1.82) is 0 Å². The van der Waals surface area contributed by atoms with E-state index in [4.69, 9.17) is 18.7 Å². The molecular weight excluding hydrogens is 372 g/mol. The van der Waals surface area contributed by atoms with Gasteiger partial charge in [-0.25, -0.2) is 0 Å². The van der Waals surface area contributed by atoms with Crippen molar-refractivity contribution in [3.05, 3.63) is 53.4 Å². The fraction of sp³-hybridized carbons (Fsp3) is 0.455. The van der Waals surface area contributed by atoms with E-state index in [1.54, 1.807) is 31.9 Å². The van der Waals surface area contributed by atoms with Crippen LogP contribution in [-0.2, 0) is 11.3 Å². The van der Waals surface area contributed by atoms with E-state index < -0.39 is 0 Å². The van der Waals surface area contributed by atoms with Gasteiger partial charge in [0.2, 0.25) is 0 Å². The Balaban J connectivity index is 1.84. The molecule has 1 aliphatic rings. The molecule has 0 spiro atoms. The van der Waals surface area contributed by atoms with Crippen molar-refractivity contribution in [3.8, 4) is 11.5 Å². The van der Waals surface area contributed by atoms with E-state index in [-0.39, 0.29) is 12.0 Å². The Hall–Kier alpha value is -2.80. The third-order valence-electron chi connectivity index (χ3n) is 4.94. The Kier molecular flexibility index (Phi) is 6.93. The second-order valence-corrected chi connectivity index (χ2v) is 7.10. The summed E-state index contributed by atoms with van der Waals surface area (Å²) in [5.74, 6) is 1.67. The maximum Gasteiger partial charge on any atom is 0.259 e. The molecule has 3 rings (SSSR count). The van der Waals surface area contributed by atoms with Gasteiger partial charge in [0.25, 0.3) is 5.91 Å². The fourth-order valence-corrected chi connectivity index (χ4v) is 3.50. The molecule has 1 aromatic carbocycles.